The summed E-state index contributed by atoms with van der Waals surface area (Å²) in [5, 5.41) is 14.3. The van der Waals surface area contributed by atoms with E-state index in [0.717, 1.165) is 6.07 Å². The Kier molecular flexibility index (Phi) is 4.91. The van der Waals surface area contributed by atoms with E-state index in [9.17, 15) is 9.18 Å². The molecular weight excluding hydrogens is 305 g/mol. The number of hydrogen-bond donors (Lipinski definition) is 1. The van der Waals surface area contributed by atoms with Gasteiger partial charge < -0.3 is 5.32 Å². The van der Waals surface area contributed by atoms with Crippen LogP contribution in [0.15, 0.2) is 23.4 Å². The number of amides is 1. The van der Waals surface area contributed by atoms with Gasteiger partial charge >= 0.3 is 0 Å². The minimum Gasteiger partial charge on any atom is -0.324 e. The van der Waals surface area contributed by atoms with Crippen LogP contribution >= 0.6 is 23.4 Å². The van der Waals surface area contributed by atoms with Crippen molar-refractivity contribution in [2.24, 2.45) is 7.05 Å². The Balaban J connectivity index is 1.82. The molecule has 106 valence electrons. The van der Waals surface area contributed by atoms with Crippen molar-refractivity contribution in [2.75, 3.05) is 11.1 Å². The number of aromatic nitrogens is 4. The van der Waals surface area contributed by atoms with E-state index in [2.05, 4.69) is 20.8 Å². The minimum atomic E-state index is -0.559. The van der Waals surface area contributed by atoms with Gasteiger partial charge in [0.1, 0.15) is 5.82 Å². The Morgan fingerprint density at radius 3 is 3.00 bits per heavy atom. The number of anilines is 1. The number of tetrazole rings is 1. The number of benzene rings is 1. The third kappa shape index (κ3) is 3.91. The summed E-state index contributed by atoms with van der Waals surface area (Å²) in [7, 11) is 1.71. The highest BCUT2D eigenvalue weighted by molar-refractivity contribution is 7.99. The number of hydrogen-bond acceptors (Lipinski definition) is 5. The van der Waals surface area contributed by atoms with Gasteiger partial charge in [0.15, 0.2) is 0 Å². The van der Waals surface area contributed by atoms with Gasteiger partial charge in [-0.3, -0.25) is 4.79 Å². The summed E-state index contributed by atoms with van der Waals surface area (Å²) in [5.74, 6) is -0.347. The maximum atomic E-state index is 13.5. The molecule has 0 bridgehead atoms. The molecule has 2 rings (SSSR count). The molecule has 0 aliphatic rings. The summed E-state index contributed by atoms with van der Waals surface area (Å²) in [6.45, 7) is 0. The number of nitrogens with zero attached hydrogens (tertiary/aromatic N) is 4. The Bertz CT molecular complexity index is 621. The molecule has 6 nitrogen and oxygen atoms in total. The molecule has 9 heteroatoms. The third-order valence-corrected chi connectivity index (χ3v) is 3.59. The molecule has 0 spiro atoms. The Morgan fingerprint density at radius 1 is 1.55 bits per heavy atom. The number of aryl methyl sites for hydroxylation is 1. The zero-order valence-electron chi connectivity index (χ0n) is 10.5. The summed E-state index contributed by atoms with van der Waals surface area (Å²) < 4.78 is 15.0. The fourth-order valence-corrected chi connectivity index (χ4v) is 2.33. The van der Waals surface area contributed by atoms with Crippen molar-refractivity contribution in [2.45, 2.75) is 11.6 Å². The minimum absolute atomic E-state index is 0.115. The van der Waals surface area contributed by atoms with Gasteiger partial charge in [-0.25, -0.2) is 9.07 Å². The lowest BCUT2D eigenvalue weighted by atomic mass is 10.3. The van der Waals surface area contributed by atoms with Crippen molar-refractivity contribution in [1.29, 1.82) is 0 Å². The molecule has 20 heavy (non-hydrogen) atoms. The van der Waals surface area contributed by atoms with Crippen LogP contribution in [0.5, 0.6) is 0 Å². The zero-order valence-corrected chi connectivity index (χ0v) is 12.1. The van der Waals surface area contributed by atoms with Crippen molar-refractivity contribution in [3.8, 4) is 0 Å². The monoisotopic (exact) mass is 315 g/mol. The van der Waals surface area contributed by atoms with E-state index in [4.69, 9.17) is 11.6 Å². The molecule has 0 atom stereocenters. The Morgan fingerprint density at radius 2 is 2.35 bits per heavy atom. The van der Waals surface area contributed by atoms with Crippen LogP contribution in [0.2, 0.25) is 5.02 Å². The second kappa shape index (κ2) is 6.67. The van der Waals surface area contributed by atoms with Gasteiger partial charge in [-0.05, 0) is 28.6 Å². The summed E-state index contributed by atoms with van der Waals surface area (Å²) in [4.78, 5) is 11.7. The van der Waals surface area contributed by atoms with Crippen LogP contribution in [0.4, 0.5) is 10.1 Å². The number of rotatable bonds is 5. The maximum Gasteiger partial charge on any atom is 0.225 e. The van der Waals surface area contributed by atoms with Gasteiger partial charge in [0.05, 0.1) is 5.69 Å². The highest BCUT2D eigenvalue weighted by Gasteiger charge is 2.09. The molecule has 1 N–H and O–H groups in total. The van der Waals surface area contributed by atoms with Crippen molar-refractivity contribution >= 4 is 35.0 Å². The van der Waals surface area contributed by atoms with Crippen LogP contribution in [0.25, 0.3) is 0 Å². The molecule has 1 aromatic carbocycles. The van der Waals surface area contributed by atoms with Gasteiger partial charge in [-0.1, -0.05) is 23.4 Å². The van der Waals surface area contributed by atoms with E-state index in [0.29, 0.717) is 10.9 Å². The van der Waals surface area contributed by atoms with Crippen molar-refractivity contribution in [1.82, 2.24) is 20.2 Å². The highest BCUT2D eigenvalue weighted by Crippen LogP contribution is 2.19. The van der Waals surface area contributed by atoms with Crippen molar-refractivity contribution < 1.29 is 9.18 Å². The maximum absolute atomic E-state index is 13.5. The Labute approximate surface area is 123 Å². The third-order valence-electron chi connectivity index (χ3n) is 2.35. The lowest BCUT2D eigenvalue weighted by molar-refractivity contribution is -0.115. The standard InChI is InChI=1S/C11H11ClFN5OS/c1-18-11(15-16-17-18)20-5-4-10(19)14-9-3-2-7(12)6-8(9)13/h2-3,6H,4-5H2,1H3,(H,14,19). The average molecular weight is 316 g/mol. The highest BCUT2D eigenvalue weighted by atomic mass is 35.5. The molecule has 1 amide bonds. The number of nitrogens with one attached hydrogen (secondary N) is 1. The van der Waals surface area contributed by atoms with Crippen LogP contribution in [0.3, 0.4) is 0 Å². The normalized spacial score (nSPS) is 10.6. The summed E-state index contributed by atoms with van der Waals surface area (Å²) in [5.41, 5.74) is 0.115. The molecule has 0 saturated heterocycles. The van der Waals surface area contributed by atoms with Gasteiger partial charge in [0, 0.05) is 24.2 Å². The van der Waals surface area contributed by atoms with E-state index >= 15 is 0 Å². The lowest BCUT2D eigenvalue weighted by Gasteiger charge is -2.06. The van der Waals surface area contributed by atoms with E-state index in [1.165, 1.54) is 28.6 Å². The molecule has 1 heterocycles. The Hall–Kier alpha value is -1.67. The van der Waals surface area contributed by atoms with Crippen molar-refractivity contribution in [3.63, 3.8) is 0 Å². The molecule has 0 aliphatic carbocycles. The molecule has 0 unspecified atom stereocenters. The molecule has 0 saturated carbocycles. The summed E-state index contributed by atoms with van der Waals surface area (Å²) in [6, 6.07) is 4.09. The second-order valence-corrected chi connectivity index (χ2v) is 5.35. The fourth-order valence-electron chi connectivity index (χ4n) is 1.38. The van der Waals surface area contributed by atoms with Crippen LogP contribution in [-0.4, -0.2) is 31.9 Å². The smallest absolute Gasteiger partial charge is 0.225 e. The van der Waals surface area contributed by atoms with Crippen molar-refractivity contribution in [3.05, 3.63) is 29.0 Å². The van der Waals surface area contributed by atoms with E-state index < -0.39 is 5.82 Å². The number of halogens is 2. The topological polar surface area (TPSA) is 72.7 Å². The molecule has 0 radical (unpaired) electrons. The van der Waals surface area contributed by atoms with Crippen LogP contribution in [-0.2, 0) is 11.8 Å². The van der Waals surface area contributed by atoms with Gasteiger partial charge in [-0.2, -0.15) is 0 Å². The number of thioether (sulfide) groups is 1. The average Bonchev–Trinajstić information content (AvgIpc) is 2.79. The lowest BCUT2D eigenvalue weighted by Crippen LogP contribution is -2.13. The fraction of sp³-hybridized carbons (Fsp3) is 0.273. The molecule has 2 aromatic rings. The molecule has 0 fully saturated rings. The van der Waals surface area contributed by atoms with Crippen LogP contribution in [0.1, 0.15) is 6.42 Å². The molecule has 1 aromatic heterocycles. The van der Waals surface area contributed by atoms with Gasteiger partial charge in [-0.15, -0.1) is 5.10 Å². The van der Waals surface area contributed by atoms with Crippen LogP contribution in [0, 0.1) is 5.82 Å². The zero-order chi connectivity index (χ0) is 14.5. The first kappa shape index (κ1) is 14.7. The first-order valence-electron chi connectivity index (χ1n) is 5.66. The van der Waals surface area contributed by atoms with Crippen LogP contribution < -0.4 is 5.32 Å². The van der Waals surface area contributed by atoms with E-state index in [1.807, 2.05) is 0 Å². The first-order chi connectivity index (χ1) is 9.56. The quantitative estimate of drug-likeness (QED) is 0.856. The molecule has 0 aliphatic heterocycles. The first-order valence-corrected chi connectivity index (χ1v) is 7.02. The van der Waals surface area contributed by atoms with Gasteiger partial charge in [0.2, 0.25) is 11.1 Å². The summed E-state index contributed by atoms with van der Waals surface area (Å²) in [6.07, 6.45) is 0.222. The molecular formula is C11H11ClFN5OS. The number of carbonyl (C=O) groups is 1. The predicted molar refractivity (Wildman–Crippen MR) is 74.2 cm³/mol. The predicted octanol–water partition coefficient (Wildman–Crippen LogP) is 2.12. The SMILES string of the molecule is Cn1nnnc1SCCC(=O)Nc1ccc(Cl)cc1F. The second-order valence-electron chi connectivity index (χ2n) is 3.86. The largest absolute Gasteiger partial charge is 0.324 e. The van der Waals surface area contributed by atoms with E-state index in [1.54, 1.807) is 7.05 Å². The van der Waals surface area contributed by atoms with Gasteiger partial charge in [0.25, 0.3) is 0 Å². The van der Waals surface area contributed by atoms with E-state index in [-0.39, 0.29) is 23.0 Å². The summed E-state index contributed by atoms with van der Waals surface area (Å²) >= 11 is 6.98. The number of carbonyl (C=O) groups excluding carboxylic acids is 1.